The largest absolute Gasteiger partial charge is 0.326 e. The van der Waals surface area contributed by atoms with E-state index >= 15 is 0 Å². The van der Waals surface area contributed by atoms with Gasteiger partial charge in [-0.3, -0.25) is 14.5 Å². The number of para-hydroxylation sites is 2. The van der Waals surface area contributed by atoms with Gasteiger partial charge < -0.3 is 10.6 Å². The molecule has 0 unspecified atom stereocenters. The van der Waals surface area contributed by atoms with Crippen molar-refractivity contribution in [3.63, 3.8) is 0 Å². The summed E-state index contributed by atoms with van der Waals surface area (Å²) in [5.74, 6) is -0.519. The molecule has 3 atom stereocenters. The van der Waals surface area contributed by atoms with Gasteiger partial charge in [0.2, 0.25) is 11.8 Å². The van der Waals surface area contributed by atoms with Crippen molar-refractivity contribution in [3.8, 4) is 0 Å². The molecule has 2 saturated heterocycles. The summed E-state index contributed by atoms with van der Waals surface area (Å²) in [4.78, 5) is 29.0. The minimum Gasteiger partial charge on any atom is -0.326 e. The average molecular weight is 361 g/mol. The van der Waals surface area contributed by atoms with E-state index in [9.17, 15) is 9.59 Å². The van der Waals surface area contributed by atoms with Crippen molar-refractivity contribution in [2.24, 2.45) is 5.92 Å². The molecular formula is C22H23N3O2. The molecule has 0 aliphatic carbocycles. The van der Waals surface area contributed by atoms with E-state index in [1.165, 1.54) is 0 Å². The minimum atomic E-state index is -0.884. The van der Waals surface area contributed by atoms with Crippen LogP contribution < -0.4 is 10.6 Å². The molecular weight excluding hydrogens is 338 g/mol. The van der Waals surface area contributed by atoms with Gasteiger partial charge in [-0.15, -0.1) is 0 Å². The summed E-state index contributed by atoms with van der Waals surface area (Å²) in [6.07, 6.45) is 2.85. The molecule has 3 aliphatic rings. The summed E-state index contributed by atoms with van der Waals surface area (Å²) in [5.41, 5.74) is 2.74. The number of anilines is 2. The molecule has 0 saturated carbocycles. The van der Waals surface area contributed by atoms with Crippen molar-refractivity contribution in [1.82, 2.24) is 4.90 Å². The van der Waals surface area contributed by atoms with E-state index in [4.69, 9.17) is 0 Å². The lowest BCUT2D eigenvalue weighted by Gasteiger charge is -2.36. The molecule has 138 valence electrons. The van der Waals surface area contributed by atoms with Gasteiger partial charge in [-0.2, -0.15) is 0 Å². The SMILES string of the molecule is Cc1ccccc1NC(=O)[C@H]1C[C@H]2CCCN2[C@@]12C(=O)Nc1ccccc12. The van der Waals surface area contributed by atoms with E-state index < -0.39 is 11.5 Å². The summed E-state index contributed by atoms with van der Waals surface area (Å²) in [5, 5.41) is 6.14. The Balaban J connectivity index is 1.59. The fourth-order valence-corrected chi connectivity index (χ4v) is 5.31. The number of benzene rings is 2. The summed E-state index contributed by atoms with van der Waals surface area (Å²) < 4.78 is 0. The molecule has 2 aromatic carbocycles. The van der Waals surface area contributed by atoms with Crippen molar-refractivity contribution in [3.05, 3.63) is 59.7 Å². The molecule has 3 aliphatic heterocycles. The van der Waals surface area contributed by atoms with Crippen LogP contribution in [-0.4, -0.2) is 29.3 Å². The van der Waals surface area contributed by atoms with E-state index in [0.717, 1.165) is 48.3 Å². The summed E-state index contributed by atoms with van der Waals surface area (Å²) in [7, 11) is 0. The lowest BCUT2D eigenvalue weighted by atomic mass is 9.78. The second kappa shape index (κ2) is 5.92. The number of fused-ring (bicyclic) bond motifs is 4. The number of nitrogens with one attached hydrogen (secondary N) is 2. The van der Waals surface area contributed by atoms with Crippen LogP contribution in [-0.2, 0) is 15.1 Å². The monoisotopic (exact) mass is 361 g/mol. The van der Waals surface area contributed by atoms with Crippen LogP contribution in [0.1, 0.15) is 30.4 Å². The van der Waals surface area contributed by atoms with Gasteiger partial charge in [0.15, 0.2) is 0 Å². The highest BCUT2D eigenvalue weighted by Gasteiger charge is 2.65. The Hall–Kier alpha value is -2.66. The van der Waals surface area contributed by atoms with Gasteiger partial charge in [0, 0.05) is 23.0 Å². The van der Waals surface area contributed by atoms with Gasteiger partial charge in [0.05, 0.1) is 5.92 Å². The zero-order valence-corrected chi connectivity index (χ0v) is 15.4. The van der Waals surface area contributed by atoms with Crippen molar-refractivity contribution in [2.45, 2.75) is 37.8 Å². The van der Waals surface area contributed by atoms with Crippen LogP contribution in [0.4, 0.5) is 11.4 Å². The summed E-state index contributed by atoms with van der Waals surface area (Å²) >= 11 is 0. The Morgan fingerprint density at radius 2 is 1.96 bits per heavy atom. The van der Waals surface area contributed by atoms with E-state index in [-0.39, 0.29) is 17.9 Å². The average Bonchev–Trinajstić information content (AvgIpc) is 3.32. The van der Waals surface area contributed by atoms with Crippen LogP contribution in [0.5, 0.6) is 0 Å². The van der Waals surface area contributed by atoms with Crippen LogP contribution in [0.2, 0.25) is 0 Å². The molecule has 2 N–H and O–H groups in total. The van der Waals surface area contributed by atoms with Gasteiger partial charge in [0.1, 0.15) is 5.54 Å². The van der Waals surface area contributed by atoms with Crippen molar-refractivity contribution in [1.29, 1.82) is 0 Å². The van der Waals surface area contributed by atoms with Gasteiger partial charge in [-0.1, -0.05) is 36.4 Å². The first kappa shape index (κ1) is 16.5. The van der Waals surface area contributed by atoms with Crippen molar-refractivity contribution in [2.75, 3.05) is 17.2 Å². The molecule has 5 heteroatoms. The first-order chi connectivity index (χ1) is 13.1. The highest BCUT2D eigenvalue weighted by molar-refractivity contribution is 6.10. The number of amides is 2. The molecule has 0 bridgehead atoms. The Morgan fingerprint density at radius 3 is 2.81 bits per heavy atom. The Labute approximate surface area is 158 Å². The predicted molar refractivity (Wildman–Crippen MR) is 104 cm³/mol. The molecule has 2 fully saturated rings. The summed E-state index contributed by atoms with van der Waals surface area (Å²) in [6, 6.07) is 15.9. The zero-order valence-electron chi connectivity index (χ0n) is 15.4. The maximum atomic E-state index is 13.4. The van der Waals surface area contributed by atoms with Gasteiger partial charge >= 0.3 is 0 Å². The topological polar surface area (TPSA) is 61.4 Å². The number of nitrogens with zero attached hydrogens (tertiary/aromatic N) is 1. The van der Waals surface area contributed by atoms with E-state index in [0.29, 0.717) is 0 Å². The first-order valence-electron chi connectivity index (χ1n) is 9.66. The third-order valence-electron chi connectivity index (χ3n) is 6.49. The zero-order chi connectivity index (χ0) is 18.6. The first-order valence-corrected chi connectivity index (χ1v) is 9.66. The van der Waals surface area contributed by atoms with Gasteiger partial charge in [0.25, 0.3) is 0 Å². The molecule has 2 amide bonds. The van der Waals surface area contributed by atoms with Crippen molar-refractivity contribution < 1.29 is 9.59 Å². The number of hydrogen-bond donors (Lipinski definition) is 2. The molecule has 5 nitrogen and oxygen atoms in total. The number of rotatable bonds is 2. The van der Waals surface area contributed by atoms with Crippen LogP contribution in [0.15, 0.2) is 48.5 Å². The summed E-state index contributed by atoms with van der Waals surface area (Å²) in [6.45, 7) is 2.84. The molecule has 3 heterocycles. The van der Waals surface area contributed by atoms with Crippen LogP contribution in [0, 0.1) is 12.8 Å². The molecule has 0 radical (unpaired) electrons. The third-order valence-corrected chi connectivity index (χ3v) is 6.49. The maximum absolute atomic E-state index is 13.4. The molecule has 1 spiro atoms. The normalized spacial score (nSPS) is 28.9. The standard InChI is InChI=1S/C22H23N3O2/c1-14-7-2-4-10-18(14)23-20(26)17-13-15-8-6-12-25(15)22(17)16-9-3-5-11-19(16)24-21(22)27/h2-5,7,9-11,15,17H,6,8,12-13H2,1H3,(H,23,26)(H,24,27)/t15-,17-,22-/m1/s1. The third kappa shape index (κ3) is 2.21. The van der Waals surface area contributed by atoms with E-state index in [1.807, 2.05) is 55.5 Å². The Morgan fingerprint density at radius 1 is 1.19 bits per heavy atom. The number of carbonyl (C=O) groups excluding carboxylic acids is 2. The van der Waals surface area contributed by atoms with Crippen LogP contribution >= 0.6 is 0 Å². The van der Waals surface area contributed by atoms with E-state index in [1.54, 1.807) is 0 Å². The lowest BCUT2D eigenvalue weighted by molar-refractivity contribution is -0.135. The van der Waals surface area contributed by atoms with Crippen LogP contribution in [0.3, 0.4) is 0 Å². The van der Waals surface area contributed by atoms with Crippen LogP contribution in [0.25, 0.3) is 0 Å². The van der Waals surface area contributed by atoms with Gasteiger partial charge in [-0.25, -0.2) is 0 Å². The lowest BCUT2D eigenvalue weighted by Crippen LogP contribution is -2.53. The Bertz CT molecular complexity index is 941. The quantitative estimate of drug-likeness (QED) is 0.863. The molecule has 27 heavy (non-hydrogen) atoms. The number of aryl methyl sites for hydroxylation is 1. The Kier molecular flexibility index (Phi) is 3.62. The van der Waals surface area contributed by atoms with Gasteiger partial charge in [-0.05, 0) is 50.4 Å². The predicted octanol–water partition coefficient (Wildman–Crippen LogP) is 3.27. The minimum absolute atomic E-state index is 0.0574. The maximum Gasteiger partial charge on any atom is 0.250 e. The fourth-order valence-electron chi connectivity index (χ4n) is 5.31. The highest BCUT2D eigenvalue weighted by Crippen LogP contribution is 2.55. The fraction of sp³-hybridized carbons (Fsp3) is 0.364. The smallest absolute Gasteiger partial charge is 0.250 e. The highest BCUT2D eigenvalue weighted by atomic mass is 16.2. The number of carbonyl (C=O) groups is 2. The molecule has 2 aromatic rings. The second-order valence-electron chi connectivity index (χ2n) is 7.85. The number of hydrogen-bond acceptors (Lipinski definition) is 3. The van der Waals surface area contributed by atoms with Crippen molar-refractivity contribution >= 4 is 23.2 Å². The molecule has 0 aromatic heterocycles. The molecule has 5 rings (SSSR count). The second-order valence-corrected chi connectivity index (χ2v) is 7.85. The van der Waals surface area contributed by atoms with E-state index in [2.05, 4.69) is 15.5 Å².